The standard InChI is InChI=1S/C25H28N4O4/c1-25(2,3)29-23(32)19-7-6-17(13-20(19)24(29)33)22(31)28-11-8-16(9-12-28)14-27-21(30)18-5-4-10-26-15-18/h4-7,10,13,15-16H,8-9,11-12,14H2,1-3H3,(H,27,30). The fraction of sp³-hybridized carbons (Fsp3) is 0.400. The predicted molar refractivity (Wildman–Crippen MR) is 122 cm³/mol. The van der Waals surface area contributed by atoms with E-state index in [1.165, 1.54) is 11.1 Å². The highest BCUT2D eigenvalue weighted by molar-refractivity contribution is 6.22. The Morgan fingerprint density at radius 3 is 2.36 bits per heavy atom. The summed E-state index contributed by atoms with van der Waals surface area (Å²) < 4.78 is 0. The van der Waals surface area contributed by atoms with Gasteiger partial charge in [0.1, 0.15) is 0 Å². The molecule has 0 spiro atoms. The molecule has 2 aliphatic heterocycles. The van der Waals surface area contributed by atoms with E-state index in [1.807, 2.05) is 20.8 Å². The fourth-order valence-corrected chi connectivity index (χ4v) is 4.34. The van der Waals surface area contributed by atoms with Crippen molar-refractivity contribution in [2.24, 2.45) is 5.92 Å². The topological polar surface area (TPSA) is 99.7 Å². The Morgan fingerprint density at radius 2 is 1.73 bits per heavy atom. The minimum Gasteiger partial charge on any atom is -0.352 e. The van der Waals surface area contributed by atoms with Crippen molar-refractivity contribution in [3.05, 3.63) is 65.0 Å². The number of nitrogens with one attached hydrogen (secondary N) is 1. The maximum absolute atomic E-state index is 13.1. The lowest BCUT2D eigenvalue weighted by molar-refractivity contribution is 0.0507. The van der Waals surface area contributed by atoms with Crippen molar-refractivity contribution < 1.29 is 19.2 Å². The number of carbonyl (C=O) groups excluding carboxylic acids is 4. The zero-order valence-electron chi connectivity index (χ0n) is 19.1. The van der Waals surface area contributed by atoms with E-state index in [0.29, 0.717) is 36.3 Å². The van der Waals surface area contributed by atoms with Crippen LogP contribution in [0, 0.1) is 5.92 Å². The van der Waals surface area contributed by atoms with Gasteiger partial charge in [-0.3, -0.25) is 29.1 Å². The van der Waals surface area contributed by atoms with Crippen LogP contribution in [0.25, 0.3) is 0 Å². The van der Waals surface area contributed by atoms with Gasteiger partial charge < -0.3 is 10.2 Å². The minimum absolute atomic E-state index is 0.148. The molecule has 0 saturated carbocycles. The van der Waals surface area contributed by atoms with Gasteiger partial charge in [-0.1, -0.05) is 0 Å². The second-order valence-electron chi connectivity index (χ2n) is 9.56. The van der Waals surface area contributed by atoms with Crippen molar-refractivity contribution >= 4 is 23.6 Å². The Morgan fingerprint density at radius 1 is 1.03 bits per heavy atom. The number of amides is 4. The number of imide groups is 1. The summed E-state index contributed by atoms with van der Waals surface area (Å²) in [7, 11) is 0. The molecule has 0 atom stereocenters. The zero-order chi connectivity index (χ0) is 23.8. The van der Waals surface area contributed by atoms with Gasteiger partial charge in [-0.2, -0.15) is 0 Å². The Balaban J connectivity index is 1.35. The van der Waals surface area contributed by atoms with Gasteiger partial charge in [0, 0.05) is 43.1 Å². The molecular formula is C25H28N4O4. The molecule has 1 aromatic heterocycles. The molecule has 2 aromatic rings. The maximum Gasteiger partial charge on any atom is 0.262 e. The number of hydrogen-bond donors (Lipinski definition) is 1. The number of nitrogens with zero attached hydrogens (tertiary/aromatic N) is 3. The average molecular weight is 449 g/mol. The van der Waals surface area contributed by atoms with E-state index in [9.17, 15) is 19.2 Å². The molecule has 8 nitrogen and oxygen atoms in total. The molecule has 4 rings (SSSR count). The molecule has 2 aliphatic rings. The largest absolute Gasteiger partial charge is 0.352 e. The SMILES string of the molecule is CC(C)(C)N1C(=O)c2ccc(C(=O)N3CCC(CNC(=O)c4cccnc4)CC3)cc2C1=O. The Labute approximate surface area is 193 Å². The molecule has 33 heavy (non-hydrogen) atoms. The number of rotatable bonds is 4. The van der Waals surface area contributed by atoms with Gasteiger partial charge in [-0.25, -0.2) is 0 Å². The summed E-state index contributed by atoms with van der Waals surface area (Å²) in [6.07, 6.45) is 4.71. The first-order valence-electron chi connectivity index (χ1n) is 11.2. The molecule has 172 valence electrons. The van der Waals surface area contributed by atoms with Crippen molar-refractivity contribution in [3.8, 4) is 0 Å². The smallest absolute Gasteiger partial charge is 0.262 e. The third kappa shape index (κ3) is 4.51. The van der Waals surface area contributed by atoms with Gasteiger partial charge in [-0.05, 0) is 69.9 Å². The number of aromatic nitrogens is 1. The molecule has 1 N–H and O–H groups in total. The second kappa shape index (κ2) is 8.77. The lowest BCUT2D eigenvalue weighted by Crippen LogP contribution is -2.45. The highest BCUT2D eigenvalue weighted by atomic mass is 16.2. The molecular weight excluding hydrogens is 420 g/mol. The molecule has 0 aliphatic carbocycles. The van der Waals surface area contributed by atoms with Gasteiger partial charge in [-0.15, -0.1) is 0 Å². The lowest BCUT2D eigenvalue weighted by atomic mass is 9.95. The summed E-state index contributed by atoms with van der Waals surface area (Å²) in [6, 6.07) is 8.19. The van der Waals surface area contributed by atoms with Crippen LogP contribution in [-0.4, -0.2) is 63.6 Å². The number of piperidine rings is 1. The summed E-state index contributed by atoms with van der Waals surface area (Å²) >= 11 is 0. The Bertz CT molecular complexity index is 1100. The quantitative estimate of drug-likeness (QED) is 0.725. The molecule has 4 amide bonds. The highest BCUT2D eigenvalue weighted by Gasteiger charge is 2.42. The minimum atomic E-state index is -0.633. The summed E-state index contributed by atoms with van der Waals surface area (Å²) in [5, 5.41) is 2.94. The van der Waals surface area contributed by atoms with Crippen LogP contribution >= 0.6 is 0 Å². The molecule has 1 fully saturated rings. The van der Waals surface area contributed by atoms with Gasteiger partial charge in [0.25, 0.3) is 23.6 Å². The van der Waals surface area contributed by atoms with E-state index in [4.69, 9.17) is 0 Å². The van der Waals surface area contributed by atoms with Crippen LogP contribution in [-0.2, 0) is 0 Å². The molecule has 8 heteroatoms. The molecule has 0 unspecified atom stereocenters. The van der Waals surface area contributed by atoms with Crippen LogP contribution in [0.5, 0.6) is 0 Å². The first-order chi connectivity index (χ1) is 15.7. The summed E-state index contributed by atoms with van der Waals surface area (Å²) in [5.41, 5.74) is 0.933. The van der Waals surface area contributed by atoms with Crippen LogP contribution in [0.15, 0.2) is 42.7 Å². The van der Waals surface area contributed by atoms with Gasteiger partial charge in [0.05, 0.1) is 16.7 Å². The normalized spacial score (nSPS) is 16.7. The van der Waals surface area contributed by atoms with Crippen molar-refractivity contribution in [2.75, 3.05) is 19.6 Å². The van der Waals surface area contributed by atoms with Gasteiger partial charge in [0.2, 0.25) is 0 Å². The van der Waals surface area contributed by atoms with Crippen molar-refractivity contribution in [3.63, 3.8) is 0 Å². The molecule has 0 radical (unpaired) electrons. The Kier molecular flexibility index (Phi) is 6.01. The monoisotopic (exact) mass is 448 g/mol. The van der Waals surface area contributed by atoms with Crippen molar-refractivity contribution in [2.45, 2.75) is 39.2 Å². The van der Waals surface area contributed by atoms with Gasteiger partial charge in [0.15, 0.2) is 0 Å². The van der Waals surface area contributed by atoms with E-state index in [-0.39, 0.29) is 35.1 Å². The first-order valence-corrected chi connectivity index (χ1v) is 11.2. The summed E-state index contributed by atoms with van der Waals surface area (Å²) in [5.74, 6) is -0.696. The second-order valence-corrected chi connectivity index (χ2v) is 9.56. The molecule has 1 aromatic carbocycles. The van der Waals surface area contributed by atoms with E-state index in [0.717, 1.165) is 12.8 Å². The molecule has 0 bridgehead atoms. The average Bonchev–Trinajstić information content (AvgIpc) is 3.07. The fourth-order valence-electron chi connectivity index (χ4n) is 4.34. The predicted octanol–water partition coefficient (Wildman–Crippen LogP) is 2.76. The van der Waals surface area contributed by atoms with Crippen LogP contribution < -0.4 is 5.32 Å². The van der Waals surface area contributed by atoms with E-state index >= 15 is 0 Å². The number of carbonyl (C=O) groups is 4. The lowest BCUT2D eigenvalue weighted by Gasteiger charge is -2.32. The van der Waals surface area contributed by atoms with Crippen molar-refractivity contribution in [1.82, 2.24) is 20.1 Å². The number of benzene rings is 1. The molecule has 3 heterocycles. The van der Waals surface area contributed by atoms with Crippen LogP contribution in [0.1, 0.15) is 75.0 Å². The summed E-state index contributed by atoms with van der Waals surface area (Å²) in [4.78, 5) is 57.7. The number of hydrogen-bond acceptors (Lipinski definition) is 5. The third-order valence-corrected chi connectivity index (χ3v) is 6.18. The van der Waals surface area contributed by atoms with E-state index in [2.05, 4.69) is 10.3 Å². The first kappa shape index (κ1) is 22.6. The highest BCUT2D eigenvalue weighted by Crippen LogP contribution is 2.30. The molecule has 1 saturated heterocycles. The van der Waals surface area contributed by atoms with E-state index in [1.54, 1.807) is 41.4 Å². The number of fused-ring (bicyclic) bond motifs is 1. The zero-order valence-corrected chi connectivity index (χ0v) is 19.1. The third-order valence-electron chi connectivity index (χ3n) is 6.18. The van der Waals surface area contributed by atoms with E-state index < -0.39 is 5.54 Å². The summed E-state index contributed by atoms with van der Waals surface area (Å²) in [6.45, 7) is 7.13. The van der Waals surface area contributed by atoms with Crippen LogP contribution in [0.3, 0.4) is 0 Å². The number of pyridine rings is 1. The maximum atomic E-state index is 13.1. The number of likely N-dealkylation sites (tertiary alicyclic amines) is 1. The van der Waals surface area contributed by atoms with Crippen LogP contribution in [0.4, 0.5) is 0 Å². The van der Waals surface area contributed by atoms with Crippen LogP contribution in [0.2, 0.25) is 0 Å². The van der Waals surface area contributed by atoms with Gasteiger partial charge >= 0.3 is 0 Å². The Hall–Kier alpha value is -3.55. The van der Waals surface area contributed by atoms with Crippen molar-refractivity contribution in [1.29, 1.82) is 0 Å².